The average molecular weight is 238 g/mol. The molecule has 18 heavy (non-hydrogen) atoms. The zero-order chi connectivity index (χ0) is 12.6. The van der Waals surface area contributed by atoms with Crippen LogP contribution in [0.3, 0.4) is 0 Å². The van der Waals surface area contributed by atoms with E-state index in [0.717, 1.165) is 12.1 Å². The molecule has 0 bridgehead atoms. The third-order valence-corrected chi connectivity index (χ3v) is 2.40. The van der Waals surface area contributed by atoms with Gasteiger partial charge in [-0.2, -0.15) is 0 Å². The minimum atomic E-state index is 0.359. The fourth-order valence-corrected chi connectivity index (χ4v) is 1.54. The summed E-state index contributed by atoms with van der Waals surface area (Å²) in [6.45, 7) is 2.14. The Labute approximate surface area is 107 Å². The molecule has 0 aliphatic rings. The van der Waals surface area contributed by atoms with Crippen molar-refractivity contribution < 1.29 is 4.74 Å². The summed E-state index contributed by atoms with van der Waals surface area (Å²) in [5.74, 6) is 6.18. The molecular formula is C15H14N2O. The van der Waals surface area contributed by atoms with Crippen LogP contribution in [0.2, 0.25) is 0 Å². The molecule has 2 aromatic rings. The van der Waals surface area contributed by atoms with Gasteiger partial charge < -0.3 is 4.74 Å². The van der Waals surface area contributed by atoms with E-state index in [4.69, 9.17) is 4.74 Å². The molecule has 0 saturated carbocycles. The van der Waals surface area contributed by atoms with Crippen molar-refractivity contribution in [1.82, 2.24) is 9.97 Å². The first-order valence-corrected chi connectivity index (χ1v) is 5.76. The molecule has 0 spiro atoms. The number of hydrogen-bond acceptors (Lipinski definition) is 3. The molecule has 0 atom stereocenters. The highest BCUT2D eigenvalue weighted by atomic mass is 16.5. The predicted molar refractivity (Wildman–Crippen MR) is 70.2 cm³/mol. The summed E-state index contributed by atoms with van der Waals surface area (Å²) >= 11 is 0. The van der Waals surface area contributed by atoms with Crippen molar-refractivity contribution in [2.45, 2.75) is 13.3 Å². The van der Waals surface area contributed by atoms with E-state index in [1.54, 1.807) is 6.92 Å². The Morgan fingerprint density at radius 2 is 2.00 bits per heavy atom. The van der Waals surface area contributed by atoms with Crippen molar-refractivity contribution in [2.75, 3.05) is 6.61 Å². The highest BCUT2D eigenvalue weighted by Gasteiger charge is 2.00. The quantitative estimate of drug-likeness (QED) is 0.767. The Morgan fingerprint density at radius 3 is 2.78 bits per heavy atom. The molecule has 0 aliphatic heterocycles. The molecule has 3 heteroatoms. The van der Waals surface area contributed by atoms with Crippen LogP contribution in [0.25, 0.3) is 0 Å². The van der Waals surface area contributed by atoms with Crippen molar-refractivity contribution in [3.8, 4) is 17.7 Å². The van der Waals surface area contributed by atoms with Crippen molar-refractivity contribution in [2.24, 2.45) is 0 Å². The second-order valence-corrected chi connectivity index (χ2v) is 3.73. The maximum absolute atomic E-state index is 5.40. The minimum absolute atomic E-state index is 0.359. The fourth-order valence-electron chi connectivity index (χ4n) is 1.54. The molecule has 0 N–H and O–H groups in total. The number of rotatable bonds is 4. The van der Waals surface area contributed by atoms with Gasteiger partial charge in [0.05, 0.1) is 5.69 Å². The molecular weight excluding hydrogens is 224 g/mol. The number of ether oxygens (including phenoxy) is 1. The van der Waals surface area contributed by atoms with Crippen LogP contribution in [0.4, 0.5) is 0 Å². The Kier molecular flexibility index (Phi) is 4.32. The topological polar surface area (TPSA) is 35.0 Å². The Bertz CT molecular complexity index is 555. The minimum Gasteiger partial charge on any atom is -0.464 e. The molecule has 0 amide bonds. The maximum atomic E-state index is 5.40. The third kappa shape index (κ3) is 3.60. The summed E-state index contributed by atoms with van der Waals surface area (Å²) in [6, 6.07) is 12.0. The molecule has 90 valence electrons. The Balaban J connectivity index is 2.04. The first-order chi connectivity index (χ1) is 8.88. The van der Waals surface area contributed by atoms with E-state index in [2.05, 4.69) is 33.9 Å². The van der Waals surface area contributed by atoms with E-state index in [-0.39, 0.29) is 0 Å². The van der Waals surface area contributed by atoms with Gasteiger partial charge in [0.25, 0.3) is 0 Å². The standard InChI is InChI=1S/C15H14N2O/c1-2-3-9-18-15-11-14(16-12-17-15)10-13-7-5-4-6-8-13/h4-8,11-12H,9-10H2,1H3. The monoisotopic (exact) mass is 238 g/mol. The molecule has 0 unspecified atom stereocenters. The fraction of sp³-hybridized carbons (Fsp3) is 0.200. The molecule has 0 aliphatic carbocycles. The van der Waals surface area contributed by atoms with E-state index in [1.165, 1.54) is 11.9 Å². The van der Waals surface area contributed by atoms with Crippen molar-refractivity contribution >= 4 is 0 Å². The van der Waals surface area contributed by atoms with Crippen LogP contribution >= 0.6 is 0 Å². The molecule has 2 rings (SSSR count). The van der Waals surface area contributed by atoms with Gasteiger partial charge in [0, 0.05) is 12.5 Å². The van der Waals surface area contributed by atoms with Crippen LogP contribution in [0.5, 0.6) is 5.88 Å². The van der Waals surface area contributed by atoms with E-state index in [9.17, 15) is 0 Å². The van der Waals surface area contributed by atoms with Crippen LogP contribution in [0.15, 0.2) is 42.7 Å². The van der Waals surface area contributed by atoms with Gasteiger partial charge in [-0.1, -0.05) is 36.3 Å². The van der Waals surface area contributed by atoms with Crippen molar-refractivity contribution in [3.05, 3.63) is 54.0 Å². The molecule has 1 aromatic carbocycles. The van der Waals surface area contributed by atoms with Gasteiger partial charge in [0.2, 0.25) is 5.88 Å². The van der Waals surface area contributed by atoms with Crippen LogP contribution in [0, 0.1) is 11.8 Å². The van der Waals surface area contributed by atoms with Gasteiger partial charge in [-0.15, -0.1) is 5.92 Å². The number of aromatic nitrogens is 2. The van der Waals surface area contributed by atoms with Crippen LogP contribution in [0.1, 0.15) is 18.2 Å². The van der Waals surface area contributed by atoms with Gasteiger partial charge in [-0.3, -0.25) is 0 Å². The van der Waals surface area contributed by atoms with E-state index in [0.29, 0.717) is 12.5 Å². The zero-order valence-electron chi connectivity index (χ0n) is 10.3. The molecule has 3 nitrogen and oxygen atoms in total. The smallest absolute Gasteiger partial charge is 0.217 e. The number of nitrogens with zero attached hydrogens (tertiary/aromatic N) is 2. The first kappa shape index (κ1) is 12.1. The molecule has 0 saturated heterocycles. The van der Waals surface area contributed by atoms with E-state index in [1.807, 2.05) is 24.3 Å². The summed E-state index contributed by atoms with van der Waals surface area (Å²) in [5.41, 5.74) is 2.16. The lowest BCUT2D eigenvalue weighted by molar-refractivity contribution is 0.354. The van der Waals surface area contributed by atoms with Crippen LogP contribution in [-0.4, -0.2) is 16.6 Å². The molecule has 1 aromatic heterocycles. The van der Waals surface area contributed by atoms with Crippen LogP contribution in [-0.2, 0) is 6.42 Å². The normalized spacial score (nSPS) is 9.39. The Morgan fingerprint density at radius 1 is 1.17 bits per heavy atom. The molecule has 0 radical (unpaired) electrons. The second-order valence-electron chi connectivity index (χ2n) is 3.73. The zero-order valence-corrected chi connectivity index (χ0v) is 10.3. The lowest BCUT2D eigenvalue weighted by atomic mass is 10.1. The summed E-state index contributed by atoms with van der Waals surface area (Å²) < 4.78 is 5.40. The summed E-state index contributed by atoms with van der Waals surface area (Å²) in [4.78, 5) is 8.29. The third-order valence-electron chi connectivity index (χ3n) is 2.40. The highest BCUT2D eigenvalue weighted by molar-refractivity contribution is 5.23. The van der Waals surface area contributed by atoms with Gasteiger partial charge in [0.15, 0.2) is 6.61 Å². The SMILES string of the molecule is CC#CCOc1cc(Cc2ccccc2)ncn1. The lowest BCUT2D eigenvalue weighted by Gasteiger charge is -2.04. The maximum Gasteiger partial charge on any atom is 0.217 e. The number of benzene rings is 1. The van der Waals surface area contributed by atoms with Crippen molar-refractivity contribution in [1.29, 1.82) is 0 Å². The van der Waals surface area contributed by atoms with Crippen LogP contribution < -0.4 is 4.74 Å². The first-order valence-electron chi connectivity index (χ1n) is 5.76. The number of hydrogen-bond donors (Lipinski definition) is 0. The second kappa shape index (κ2) is 6.41. The van der Waals surface area contributed by atoms with Gasteiger partial charge in [-0.05, 0) is 12.5 Å². The molecule has 0 fully saturated rings. The predicted octanol–water partition coefficient (Wildman–Crippen LogP) is 2.47. The largest absolute Gasteiger partial charge is 0.464 e. The highest BCUT2D eigenvalue weighted by Crippen LogP contribution is 2.11. The summed E-state index contributed by atoms with van der Waals surface area (Å²) in [6.07, 6.45) is 2.30. The Hall–Kier alpha value is -2.34. The summed E-state index contributed by atoms with van der Waals surface area (Å²) in [7, 11) is 0. The van der Waals surface area contributed by atoms with E-state index >= 15 is 0 Å². The molecule has 1 heterocycles. The van der Waals surface area contributed by atoms with Gasteiger partial charge in [-0.25, -0.2) is 9.97 Å². The van der Waals surface area contributed by atoms with E-state index < -0.39 is 0 Å². The average Bonchev–Trinajstić information content (AvgIpc) is 2.41. The van der Waals surface area contributed by atoms with Gasteiger partial charge >= 0.3 is 0 Å². The summed E-state index contributed by atoms with van der Waals surface area (Å²) in [5, 5.41) is 0. The van der Waals surface area contributed by atoms with Gasteiger partial charge in [0.1, 0.15) is 6.33 Å². The van der Waals surface area contributed by atoms with Crippen molar-refractivity contribution in [3.63, 3.8) is 0 Å². The lowest BCUT2D eigenvalue weighted by Crippen LogP contribution is -1.99.